The average molecular weight is 223 g/mol. The topological polar surface area (TPSA) is 12.0 Å². The van der Waals surface area contributed by atoms with E-state index >= 15 is 0 Å². The van der Waals surface area contributed by atoms with Gasteiger partial charge in [-0.05, 0) is 57.0 Å². The fourth-order valence-electron chi connectivity index (χ4n) is 3.09. The van der Waals surface area contributed by atoms with Crippen molar-refractivity contribution < 1.29 is 0 Å². The Bertz CT molecular complexity index is 209. The van der Waals surface area contributed by atoms with Gasteiger partial charge >= 0.3 is 0 Å². The molecule has 0 saturated heterocycles. The van der Waals surface area contributed by atoms with Crippen molar-refractivity contribution in [2.45, 2.75) is 52.4 Å². The first-order valence-corrected chi connectivity index (χ1v) is 7.02. The molecule has 0 spiro atoms. The van der Waals surface area contributed by atoms with Gasteiger partial charge in [-0.3, -0.25) is 0 Å². The Morgan fingerprint density at radius 3 is 2.56 bits per heavy atom. The van der Waals surface area contributed by atoms with E-state index in [0.717, 1.165) is 24.2 Å². The molecule has 1 heteroatoms. The predicted molar refractivity (Wildman–Crippen MR) is 72.6 cm³/mol. The van der Waals surface area contributed by atoms with Crippen LogP contribution in [0.5, 0.6) is 0 Å². The second-order valence-electron chi connectivity index (χ2n) is 5.47. The highest BCUT2D eigenvalue weighted by Gasteiger charge is 2.29. The third-order valence-electron chi connectivity index (χ3n) is 4.34. The predicted octanol–water partition coefficient (Wildman–Crippen LogP) is 4.00. The van der Waals surface area contributed by atoms with E-state index in [1.165, 1.54) is 44.2 Å². The van der Waals surface area contributed by atoms with Crippen molar-refractivity contribution in [2.75, 3.05) is 13.6 Å². The molecule has 1 rings (SSSR count). The molecule has 0 aromatic rings. The standard InChI is InChI=1S/C15H29N/c1-5-12(3)9-15-10-13(6-2)7-8-14(15)11-16-4/h13-16H,3,5-11H2,1-2,4H3. The van der Waals surface area contributed by atoms with Crippen molar-refractivity contribution in [3.05, 3.63) is 12.2 Å². The summed E-state index contributed by atoms with van der Waals surface area (Å²) >= 11 is 0. The maximum Gasteiger partial charge on any atom is -0.00208 e. The maximum absolute atomic E-state index is 4.19. The van der Waals surface area contributed by atoms with Crippen molar-refractivity contribution in [2.24, 2.45) is 17.8 Å². The van der Waals surface area contributed by atoms with Crippen molar-refractivity contribution in [3.63, 3.8) is 0 Å². The molecule has 0 amide bonds. The summed E-state index contributed by atoms with van der Waals surface area (Å²) in [5.41, 5.74) is 1.45. The van der Waals surface area contributed by atoms with Crippen LogP contribution >= 0.6 is 0 Å². The second-order valence-corrected chi connectivity index (χ2v) is 5.47. The van der Waals surface area contributed by atoms with Gasteiger partial charge in [0.25, 0.3) is 0 Å². The number of hydrogen-bond donors (Lipinski definition) is 1. The van der Waals surface area contributed by atoms with Crippen molar-refractivity contribution >= 4 is 0 Å². The van der Waals surface area contributed by atoms with Crippen LogP contribution in [-0.4, -0.2) is 13.6 Å². The van der Waals surface area contributed by atoms with Crippen LogP contribution < -0.4 is 5.32 Å². The van der Waals surface area contributed by atoms with Crippen LogP contribution in [0.4, 0.5) is 0 Å². The van der Waals surface area contributed by atoms with Crippen LogP contribution in [0, 0.1) is 17.8 Å². The number of rotatable bonds is 6. The zero-order valence-corrected chi connectivity index (χ0v) is 11.4. The van der Waals surface area contributed by atoms with Gasteiger partial charge in [-0.15, -0.1) is 0 Å². The van der Waals surface area contributed by atoms with Crippen molar-refractivity contribution in [1.29, 1.82) is 0 Å². The Morgan fingerprint density at radius 2 is 2.00 bits per heavy atom. The largest absolute Gasteiger partial charge is 0.319 e. The second kappa shape index (κ2) is 7.11. The molecule has 0 aromatic carbocycles. The van der Waals surface area contributed by atoms with E-state index in [2.05, 4.69) is 32.8 Å². The van der Waals surface area contributed by atoms with Crippen LogP contribution in [0.25, 0.3) is 0 Å². The normalized spacial score (nSPS) is 30.3. The molecule has 1 N–H and O–H groups in total. The summed E-state index contributed by atoms with van der Waals surface area (Å²) in [4.78, 5) is 0. The molecule has 3 atom stereocenters. The average Bonchev–Trinajstić information content (AvgIpc) is 2.31. The lowest BCUT2D eigenvalue weighted by atomic mass is 9.71. The molecule has 1 aliphatic carbocycles. The summed E-state index contributed by atoms with van der Waals surface area (Å²) < 4.78 is 0. The molecule has 0 bridgehead atoms. The third kappa shape index (κ3) is 3.93. The summed E-state index contributed by atoms with van der Waals surface area (Å²) in [6, 6.07) is 0. The van der Waals surface area contributed by atoms with Crippen LogP contribution in [0.3, 0.4) is 0 Å². The first-order chi connectivity index (χ1) is 7.71. The molecule has 94 valence electrons. The molecular formula is C15H29N. The minimum atomic E-state index is 0.885. The monoisotopic (exact) mass is 223 g/mol. The van der Waals surface area contributed by atoms with Crippen molar-refractivity contribution in [3.8, 4) is 0 Å². The molecule has 0 radical (unpaired) electrons. The van der Waals surface area contributed by atoms with Gasteiger partial charge in [-0.2, -0.15) is 0 Å². The van der Waals surface area contributed by atoms with Crippen molar-refractivity contribution in [1.82, 2.24) is 5.32 Å². The maximum atomic E-state index is 4.19. The van der Waals surface area contributed by atoms with E-state index in [0.29, 0.717) is 0 Å². The molecule has 0 heterocycles. The van der Waals surface area contributed by atoms with E-state index in [1.807, 2.05) is 0 Å². The zero-order valence-electron chi connectivity index (χ0n) is 11.4. The molecule has 3 unspecified atom stereocenters. The highest BCUT2D eigenvalue weighted by atomic mass is 14.8. The van der Waals surface area contributed by atoms with E-state index in [9.17, 15) is 0 Å². The molecule has 0 aliphatic heterocycles. The minimum Gasteiger partial charge on any atom is -0.319 e. The lowest BCUT2D eigenvalue weighted by molar-refractivity contribution is 0.173. The lowest BCUT2D eigenvalue weighted by Gasteiger charge is -2.36. The van der Waals surface area contributed by atoms with Gasteiger partial charge in [0.2, 0.25) is 0 Å². The van der Waals surface area contributed by atoms with E-state index in [-0.39, 0.29) is 0 Å². The fourth-order valence-corrected chi connectivity index (χ4v) is 3.09. The van der Waals surface area contributed by atoms with E-state index in [1.54, 1.807) is 0 Å². The molecule has 0 aromatic heterocycles. The van der Waals surface area contributed by atoms with Crippen LogP contribution in [0.15, 0.2) is 12.2 Å². The van der Waals surface area contributed by atoms with Crippen LogP contribution in [-0.2, 0) is 0 Å². The van der Waals surface area contributed by atoms with Gasteiger partial charge in [0, 0.05) is 0 Å². The summed E-state index contributed by atoms with van der Waals surface area (Å²) in [5.74, 6) is 2.75. The minimum absolute atomic E-state index is 0.885. The SMILES string of the molecule is C=C(CC)CC1CC(CC)CCC1CNC. The quantitative estimate of drug-likeness (QED) is 0.671. The molecule has 1 fully saturated rings. The van der Waals surface area contributed by atoms with Gasteiger partial charge in [0.05, 0.1) is 0 Å². The molecule has 16 heavy (non-hydrogen) atoms. The molecule has 1 aliphatic rings. The number of allylic oxidation sites excluding steroid dienone is 1. The third-order valence-corrected chi connectivity index (χ3v) is 4.34. The number of hydrogen-bond acceptors (Lipinski definition) is 1. The van der Waals surface area contributed by atoms with E-state index < -0.39 is 0 Å². The highest BCUT2D eigenvalue weighted by Crippen LogP contribution is 2.38. The lowest BCUT2D eigenvalue weighted by Crippen LogP contribution is -2.32. The van der Waals surface area contributed by atoms with Crippen LogP contribution in [0.1, 0.15) is 52.4 Å². The van der Waals surface area contributed by atoms with Gasteiger partial charge in [-0.1, -0.05) is 38.8 Å². The summed E-state index contributed by atoms with van der Waals surface area (Å²) in [6.07, 6.45) is 8.07. The summed E-state index contributed by atoms with van der Waals surface area (Å²) in [7, 11) is 2.08. The molecule has 1 saturated carbocycles. The van der Waals surface area contributed by atoms with Crippen LogP contribution in [0.2, 0.25) is 0 Å². The Labute approximate surface area is 102 Å². The molecular weight excluding hydrogens is 194 g/mol. The van der Waals surface area contributed by atoms with Gasteiger partial charge in [-0.25, -0.2) is 0 Å². The van der Waals surface area contributed by atoms with Gasteiger partial charge in [0.1, 0.15) is 0 Å². The Balaban J connectivity index is 2.52. The Hall–Kier alpha value is -0.300. The van der Waals surface area contributed by atoms with E-state index in [4.69, 9.17) is 0 Å². The zero-order chi connectivity index (χ0) is 12.0. The Morgan fingerprint density at radius 1 is 1.25 bits per heavy atom. The Kier molecular flexibility index (Phi) is 6.12. The molecule has 1 nitrogen and oxygen atoms in total. The summed E-state index contributed by atoms with van der Waals surface area (Å²) in [6.45, 7) is 9.96. The number of nitrogens with one attached hydrogen (secondary N) is 1. The summed E-state index contributed by atoms with van der Waals surface area (Å²) in [5, 5.41) is 3.36. The smallest absolute Gasteiger partial charge is 0.00208 e. The van der Waals surface area contributed by atoms with Gasteiger partial charge in [0.15, 0.2) is 0 Å². The highest BCUT2D eigenvalue weighted by molar-refractivity contribution is 4.97. The first kappa shape index (κ1) is 13.8. The fraction of sp³-hybridized carbons (Fsp3) is 0.867. The first-order valence-electron chi connectivity index (χ1n) is 7.02. The van der Waals surface area contributed by atoms with Gasteiger partial charge < -0.3 is 5.32 Å².